The average molecular weight is 293 g/mol. The van der Waals surface area contributed by atoms with E-state index in [1.165, 1.54) is 11.0 Å². The zero-order valence-electron chi connectivity index (χ0n) is 12.2. The van der Waals surface area contributed by atoms with Crippen LogP contribution in [-0.2, 0) is 19.9 Å². The topological polar surface area (TPSA) is 115 Å². The van der Waals surface area contributed by atoms with Gasteiger partial charge in [0.15, 0.2) is 0 Å². The van der Waals surface area contributed by atoms with Crippen molar-refractivity contribution < 1.29 is 4.92 Å². The molecule has 0 spiro atoms. The molecule has 2 aromatic heterocycles. The van der Waals surface area contributed by atoms with Crippen molar-refractivity contribution in [1.82, 2.24) is 25.0 Å². The predicted molar refractivity (Wildman–Crippen MR) is 77.1 cm³/mol. The van der Waals surface area contributed by atoms with Crippen molar-refractivity contribution in [2.45, 2.75) is 32.6 Å². The first-order chi connectivity index (χ1) is 10.1. The third kappa shape index (κ3) is 3.56. The summed E-state index contributed by atoms with van der Waals surface area (Å²) in [6, 6.07) is 0. The fraction of sp³-hybridized carbons (Fsp3) is 0.583. The highest BCUT2D eigenvalue weighted by atomic mass is 16.6. The van der Waals surface area contributed by atoms with Crippen LogP contribution in [0.5, 0.6) is 0 Å². The molecular weight excluding hydrogens is 274 g/mol. The number of anilines is 1. The molecule has 0 bridgehead atoms. The molecule has 114 valence electrons. The third-order valence-corrected chi connectivity index (χ3v) is 3.11. The standard InChI is InChI=1S/C12H19N7O2/c1-3-5-9-11(19(20)21)12(18(2)17-9)13-7-4-6-10-14-8-15-16-10/h8,13H,3-7H2,1-2H3,(H,14,15,16). The Kier molecular flexibility index (Phi) is 4.85. The maximum Gasteiger partial charge on any atom is 0.333 e. The molecule has 0 aliphatic heterocycles. The number of nitro groups is 1. The van der Waals surface area contributed by atoms with Crippen molar-refractivity contribution in [2.24, 2.45) is 7.05 Å². The molecule has 0 unspecified atom stereocenters. The van der Waals surface area contributed by atoms with Gasteiger partial charge in [-0.2, -0.15) is 10.2 Å². The molecule has 9 nitrogen and oxygen atoms in total. The Morgan fingerprint density at radius 2 is 2.29 bits per heavy atom. The molecular formula is C12H19N7O2. The van der Waals surface area contributed by atoms with E-state index < -0.39 is 0 Å². The van der Waals surface area contributed by atoms with Crippen LogP contribution in [0.3, 0.4) is 0 Å². The number of rotatable bonds is 8. The largest absolute Gasteiger partial charge is 0.365 e. The van der Waals surface area contributed by atoms with Crippen LogP contribution < -0.4 is 5.32 Å². The molecule has 0 aliphatic carbocycles. The van der Waals surface area contributed by atoms with Gasteiger partial charge in [-0.05, 0) is 12.8 Å². The lowest BCUT2D eigenvalue weighted by Gasteiger charge is -2.05. The second-order valence-electron chi connectivity index (χ2n) is 4.74. The van der Waals surface area contributed by atoms with E-state index in [2.05, 4.69) is 25.6 Å². The van der Waals surface area contributed by atoms with E-state index in [9.17, 15) is 10.1 Å². The van der Waals surface area contributed by atoms with Crippen LogP contribution in [0.1, 0.15) is 31.3 Å². The molecule has 9 heteroatoms. The lowest BCUT2D eigenvalue weighted by Crippen LogP contribution is -2.09. The first-order valence-corrected chi connectivity index (χ1v) is 6.91. The molecule has 21 heavy (non-hydrogen) atoms. The van der Waals surface area contributed by atoms with Gasteiger partial charge < -0.3 is 5.32 Å². The van der Waals surface area contributed by atoms with Gasteiger partial charge in [0.25, 0.3) is 0 Å². The molecule has 0 aliphatic rings. The molecule has 0 atom stereocenters. The summed E-state index contributed by atoms with van der Waals surface area (Å²) >= 11 is 0. The first-order valence-electron chi connectivity index (χ1n) is 6.91. The molecule has 0 saturated heterocycles. The Bertz CT molecular complexity index is 591. The summed E-state index contributed by atoms with van der Waals surface area (Å²) in [5.74, 6) is 1.27. The van der Waals surface area contributed by atoms with Gasteiger partial charge in [-0.1, -0.05) is 13.3 Å². The van der Waals surface area contributed by atoms with E-state index in [0.717, 1.165) is 25.1 Å². The van der Waals surface area contributed by atoms with Crippen LogP contribution in [0.2, 0.25) is 0 Å². The van der Waals surface area contributed by atoms with Gasteiger partial charge in [0.05, 0.1) is 4.92 Å². The molecule has 0 radical (unpaired) electrons. The lowest BCUT2D eigenvalue weighted by molar-refractivity contribution is -0.384. The van der Waals surface area contributed by atoms with E-state index >= 15 is 0 Å². The number of hydrogen-bond acceptors (Lipinski definition) is 6. The second kappa shape index (κ2) is 6.82. The Labute approximate surface area is 121 Å². The molecule has 0 fully saturated rings. The summed E-state index contributed by atoms with van der Waals surface area (Å²) in [4.78, 5) is 14.9. The van der Waals surface area contributed by atoms with Crippen LogP contribution in [0.4, 0.5) is 11.5 Å². The number of aryl methyl sites for hydroxylation is 3. The highest BCUT2D eigenvalue weighted by Gasteiger charge is 2.25. The van der Waals surface area contributed by atoms with Crippen molar-refractivity contribution in [3.05, 3.63) is 28.0 Å². The highest BCUT2D eigenvalue weighted by Crippen LogP contribution is 2.28. The second-order valence-corrected chi connectivity index (χ2v) is 4.74. The van der Waals surface area contributed by atoms with Crippen molar-refractivity contribution >= 4 is 11.5 Å². The number of hydrogen-bond donors (Lipinski definition) is 2. The monoisotopic (exact) mass is 293 g/mol. The fourth-order valence-corrected chi connectivity index (χ4v) is 2.18. The average Bonchev–Trinajstić information content (AvgIpc) is 3.03. The fourth-order valence-electron chi connectivity index (χ4n) is 2.18. The maximum absolute atomic E-state index is 11.2. The van der Waals surface area contributed by atoms with Gasteiger partial charge in [-0.15, -0.1) is 0 Å². The van der Waals surface area contributed by atoms with Gasteiger partial charge in [0.2, 0.25) is 5.82 Å². The van der Waals surface area contributed by atoms with Crippen LogP contribution >= 0.6 is 0 Å². The summed E-state index contributed by atoms with van der Waals surface area (Å²) in [7, 11) is 1.71. The quantitative estimate of drug-likeness (QED) is 0.432. The van der Waals surface area contributed by atoms with Gasteiger partial charge >= 0.3 is 5.69 Å². The molecule has 2 aromatic rings. The molecule has 0 saturated carbocycles. The van der Waals surface area contributed by atoms with Crippen LogP contribution in [-0.4, -0.2) is 36.4 Å². The van der Waals surface area contributed by atoms with Crippen molar-refractivity contribution in [3.63, 3.8) is 0 Å². The van der Waals surface area contributed by atoms with Crippen LogP contribution in [0.15, 0.2) is 6.33 Å². The minimum Gasteiger partial charge on any atom is -0.365 e. The Balaban J connectivity index is 1.99. The molecule has 2 N–H and O–H groups in total. The van der Waals surface area contributed by atoms with Crippen LogP contribution in [0, 0.1) is 10.1 Å². The summed E-state index contributed by atoms with van der Waals surface area (Å²) < 4.78 is 1.54. The number of nitrogens with one attached hydrogen (secondary N) is 2. The van der Waals surface area contributed by atoms with Crippen molar-refractivity contribution in [2.75, 3.05) is 11.9 Å². The summed E-state index contributed by atoms with van der Waals surface area (Å²) in [5, 5.41) is 25.1. The van der Waals surface area contributed by atoms with Crippen LogP contribution in [0.25, 0.3) is 0 Å². The zero-order chi connectivity index (χ0) is 15.2. The predicted octanol–water partition coefficient (Wildman–Crippen LogP) is 1.44. The maximum atomic E-state index is 11.2. The normalized spacial score (nSPS) is 10.8. The number of nitrogens with zero attached hydrogens (tertiary/aromatic N) is 5. The zero-order valence-corrected chi connectivity index (χ0v) is 12.2. The van der Waals surface area contributed by atoms with E-state index in [1.54, 1.807) is 7.05 Å². The SMILES string of the molecule is CCCc1nn(C)c(NCCCc2ncn[nH]2)c1[N+](=O)[O-]. The van der Waals surface area contributed by atoms with E-state index in [0.29, 0.717) is 24.5 Å². The highest BCUT2D eigenvalue weighted by molar-refractivity contribution is 5.59. The lowest BCUT2D eigenvalue weighted by atomic mass is 10.2. The van der Waals surface area contributed by atoms with E-state index in [1.807, 2.05) is 6.92 Å². The smallest absolute Gasteiger partial charge is 0.333 e. The molecule has 0 aromatic carbocycles. The molecule has 0 amide bonds. The minimum atomic E-state index is -0.364. The summed E-state index contributed by atoms with van der Waals surface area (Å²) in [6.45, 7) is 2.58. The van der Waals surface area contributed by atoms with E-state index in [4.69, 9.17) is 0 Å². The Morgan fingerprint density at radius 3 is 2.90 bits per heavy atom. The van der Waals surface area contributed by atoms with Crippen molar-refractivity contribution in [1.29, 1.82) is 0 Å². The van der Waals surface area contributed by atoms with E-state index in [-0.39, 0.29) is 10.6 Å². The number of aromatic nitrogens is 5. The first kappa shape index (κ1) is 14.9. The van der Waals surface area contributed by atoms with Crippen molar-refractivity contribution in [3.8, 4) is 0 Å². The van der Waals surface area contributed by atoms with Gasteiger partial charge in [0.1, 0.15) is 17.8 Å². The number of aromatic amines is 1. The van der Waals surface area contributed by atoms with Gasteiger partial charge in [0, 0.05) is 20.0 Å². The van der Waals surface area contributed by atoms with Gasteiger partial charge in [-0.25, -0.2) is 9.67 Å². The minimum absolute atomic E-state index is 0.0824. The van der Waals surface area contributed by atoms with Gasteiger partial charge in [-0.3, -0.25) is 15.2 Å². The third-order valence-electron chi connectivity index (χ3n) is 3.11. The summed E-state index contributed by atoms with van der Waals surface area (Å²) in [5.41, 5.74) is 0.613. The molecule has 2 rings (SSSR count). The Morgan fingerprint density at radius 1 is 1.48 bits per heavy atom. The molecule has 2 heterocycles. The number of H-pyrrole nitrogens is 1. The summed E-state index contributed by atoms with van der Waals surface area (Å²) in [6.07, 6.45) is 4.42. The Hall–Kier alpha value is -2.45.